The molecule has 3 aromatic rings. The third-order valence-electron chi connectivity index (χ3n) is 8.76. The largest absolute Gasteiger partial charge is 0.369 e. The van der Waals surface area contributed by atoms with Gasteiger partial charge in [0.25, 0.3) is 5.91 Å². The third-order valence-corrected chi connectivity index (χ3v) is 10.1. The zero-order chi connectivity index (χ0) is 28.4. The Balaban J connectivity index is 1.14. The third kappa shape index (κ3) is 6.01. The molecule has 0 aliphatic carbocycles. The van der Waals surface area contributed by atoms with Crippen LogP contribution in [0.5, 0.6) is 0 Å². The number of nitrogens with one attached hydrogen (secondary N) is 1. The van der Waals surface area contributed by atoms with Gasteiger partial charge >= 0.3 is 0 Å². The van der Waals surface area contributed by atoms with Crippen molar-refractivity contribution in [2.45, 2.75) is 51.1 Å². The van der Waals surface area contributed by atoms with Crippen molar-refractivity contribution in [2.24, 2.45) is 7.05 Å². The minimum absolute atomic E-state index is 0.0380. The lowest BCUT2D eigenvalue weighted by Crippen LogP contribution is -2.52. The van der Waals surface area contributed by atoms with Crippen LogP contribution in [0, 0.1) is 6.92 Å². The molecule has 2 aliphatic heterocycles. The first-order chi connectivity index (χ1) is 19.1. The van der Waals surface area contributed by atoms with Gasteiger partial charge in [0.1, 0.15) is 17.8 Å². The zero-order valence-corrected chi connectivity index (χ0v) is 24.8. The zero-order valence-electron chi connectivity index (χ0n) is 24.0. The Hall–Kier alpha value is -3.02. The summed E-state index contributed by atoms with van der Waals surface area (Å²) >= 11 is 0. The maximum atomic E-state index is 13.4. The maximum Gasteiger partial charge on any atom is 0.272 e. The molecular formula is C29H41N7O3S. The number of anilines is 1. The molecule has 4 heterocycles. The molecule has 11 heteroatoms. The van der Waals surface area contributed by atoms with Gasteiger partial charge in [-0.1, -0.05) is 18.2 Å². The highest BCUT2D eigenvalue weighted by molar-refractivity contribution is 7.88. The van der Waals surface area contributed by atoms with Crippen LogP contribution in [0.15, 0.2) is 36.8 Å². The van der Waals surface area contributed by atoms with E-state index < -0.39 is 10.0 Å². The van der Waals surface area contributed by atoms with Gasteiger partial charge in [0.2, 0.25) is 10.0 Å². The second-order valence-corrected chi connectivity index (χ2v) is 13.3. The Morgan fingerprint density at radius 1 is 1.07 bits per heavy atom. The molecule has 0 bridgehead atoms. The number of amides is 1. The molecule has 0 spiro atoms. The molecule has 0 saturated carbocycles. The van der Waals surface area contributed by atoms with Crippen molar-refractivity contribution in [2.75, 3.05) is 51.3 Å². The number of hydrogen-bond acceptors (Lipinski definition) is 7. The Morgan fingerprint density at radius 3 is 2.48 bits per heavy atom. The fraction of sp³-hybridized carbons (Fsp3) is 0.552. The van der Waals surface area contributed by atoms with Crippen LogP contribution in [-0.4, -0.2) is 101 Å². The lowest BCUT2D eigenvalue weighted by molar-refractivity contribution is 0.0542. The highest BCUT2D eigenvalue weighted by Crippen LogP contribution is 2.26. The van der Waals surface area contributed by atoms with Gasteiger partial charge in [-0.2, -0.15) is 0 Å². The van der Waals surface area contributed by atoms with E-state index in [2.05, 4.69) is 62.3 Å². The number of sulfonamides is 1. The van der Waals surface area contributed by atoms with Crippen molar-refractivity contribution < 1.29 is 13.2 Å². The molecule has 10 nitrogen and oxygen atoms in total. The summed E-state index contributed by atoms with van der Waals surface area (Å²) in [4.78, 5) is 26.6. The predicted octanol–water partition coefficient (Wildman–Crippen LogP) is 2.89. The molecule has 0 radical (unpaired) electrons. The van der Waals surface area contributed by atoms with Crippen LogP contribution < -0.4 is 5.32 Å². The lowest BCUT2D eigenvalue weighted by Gasteiger charge is -2.43. The summed E-state index contributed by atoms with van der Waals surface area (Å²) in [5.41, 5.74) is 3.75. The number of aryl methyl sites for hydroxylation is 1. The summed E-state index contributed by atoms with van der Waals surface area (Å²) in [7, 11) is 0.583. The van der Waals surface area contributed by atoms with Gasteiger partial charge in [-0.3, -0.25) is 4.79 Å². The van der Waals surface area contributed by atoms with E-state index in [4.69, 9.17) is 0 Å². The first-order valence-electron chi connectivity index (χ1n) is 14.2. The molecule has 40 heavy (non-hydrogen) atoms. The van der Waals surface area contributed by atoms with Crippen molar-refractivity contribution in [3.8, 4) is 0 Å². The van der Waals surface area contributed by atoms with Crippen molar-refractivity contribution >= 4 is 32.7 Å². The van der Waals surface area contributed by atoms with Gasteiger partial charge < -0.3 is 19.7 Å². The highest BCUT2D eigenvalue weighted by atomic mass is 32.2. The maximum absolute atomic E-state index is 13.4. The number of hydrogen-bond donors (Lipinski definition) is 1. The average Bonchev–Trinajstić information content (AvgIpc) is 3.28. The number of benzene rings is 1. The summed E-state index contributed by atoms with van der Waals surface area (Å²) in [5.74, 6) is 0.666. The molecule has 1 amide bonds. The number of carbonyl (C=O) groups excluding carboxylic acids is 1. The van der Waals surface area contributed by atoms with Crippen LogP contribution in [0.1, 0.15) is 47.3 Å². The Kier molecular flexibility index (Phi) is 8.44. The van der Waals surface area contributed by atoms with Crippen LogP contribution in [0.4, 0.5) is 5.82 Å². The second-order valence-electron chi connectivity index (χ2n) is 11.2. The minimum Gasteiger partial charge on any atom is -0.369 e. The monoisotopic (exact) mass is 567 g/mol. The molecular weight excluding hydrogens is 526 g/mol. The number of piperidine rings is 2. The number of nitrogens with zero attached hydrogens (tertiary/aromatic N) is 6. The van der Waals surface area contributed by atoms with Crippen LogP contribution in [0.3, 0.4) is 0 Å². The summed E-state index contributed by atoms with van der Waals surface area (Å²) in [6.07, 6.45) is 9.30. The molecule has 1 aromatic carbocycles. The van der Waals surface area contributed by atoms with Crippen LogP contribution >= 0.6 is 0 Å². The van der Waals surface area contributed by atoms with Gasteiger partial charge in [0.15, 0.2) is 0 Å². The smallest absolute Gasteiger partial charge is 0.272 e. The van der Waals surface area contributed by atoms with Crippen LogP contribution in [0.2, 0.25) is 0 Å². The molecule has 2 fully saturated rings. The lowest BCUT2D eigenvalue weighted by atomic mass is 9.97. The Labute approximate surface area is 237 Å². The van der Waals surface area contributed by atoms with E-state index in [-0.39, 0.29) is 11.9 Å². The van der Waals surface area contributed by atoms with E-state index in [1.165, 1.54) is 33.4 Å². The van der Waals surface area contributed by atoms with E-state index in [0.29, 0.717) is 37.2 Å². The first kappa shape index (κ1) is 28.5. The minimum atomic E-state index is -3.17. The number of fused-ring (bicyclic) bond motifs is 1. The second kappa shape index (κ2) is 11.8. The standard InChI is InChI=1S/C29H41N7O3S/c1-21-27(31-20-32-28(21)30-14-9-22-19-33(2)26-8-6-5-7-25(22)26)29(37)36-17-12-24(13-18-36)35-15-10-23(11-16-35)34(3)40(4,38)39/h5-8,19-20,23-24H,9-18H2,1-4H3,(H,30,31,32). The van der Waals surface area contributed by atoms with Gasteiger partial charge in [0, 0.05) is 68.5 Å². The van der Waals surface area contributed by atoms with Gasteiger partial charge in [-0.05, 0) is 63.7 Å². The summed E-state index contributed by atoms with van der Waals surface area (Å²) in [5, 5.41) is 4.69. The number of rotatable bonds is 8. The quantitative estimate of drug-likeness (QED) is 0.447. The van der Waals surface area contributed by atoms with Crippen LogP contribution in [-0.2, 0) is 23.5 Å². The average molecular weight is 568 g/mol. The molecule has 2 saturated heterocycles. The number of aromatic nitrogens is 3. The Bertz CT molecular complexity index is 1460. The molecule has 2 aromatic heterocycles. The number of likely N-dealkylation sites (tertiary alicyclic amines) is 2. The van der Waals surface area contributed by atoms with E-state index in [0.717, 1.165) is 50.8 Å². The normalized spacial score (nSPS) is 18.1. The summed E-state index contributed by atoms with van der Waals surface area (Å²) in [6.45, 7) is 5.79. The molecule has 2 aliphatic rings. The van der Waals surface area contributed by atoms with Crippen LogP contribution in [0.25, 0.3) is 10.9 Å². The first-order valence-corrected chi connectivity index (χ1v) is 16.0. The topological polar surface area (TPSA) is 104 Å². The van der Waals surface area contributed by atoms with E-state index in [1.807, 2.05) is 11.8 Å². The van der Waals surface area contributed by atoms with Gasteiger partial charge in [-0.15, -0.1) is 0 Å². The SMILES string of the molecule is Cc1c(NCCc2cn(C)c3ccccc23)ncnc1C(=O)N1CCC(N2CCC(N(C)S(C)(=O)=O)CC2)CC1. The molecule has 0 atom stereocenters. The fourth-order valence-electron chi connectivity index (χ4n) is 6.25. The van der Waals surface area contributed by atoms with Gasteiger partial charge in [-0.25, -0.2) is 22.7 Å². The molecule has 5 rings (SSSR count). The van der Waals surface area contributed by atoms with Gasteiger partial charge in [0.05, 0.1) is 6.26 Å². The summed E-state index contributed by atoms with van der Waals surface area (Å²) in [6, 6.07) is 8.90. The predicted molar refractivity (Wildman–Crippen MR) is 158 cm³/mol. The number of para-hydroxylation sites is 1. The fourth-order valence-corrected chi connectivity index (χ4v) is 7.01. The summed E-state index contributed by atoms with van der Waals surface area (Å²) < 4.78 is 27.5. The highest BCUT2D eigenvalue weighted by Gasteiger charge is 2.33. The molecule has 216 valence electrons. The van der Waals surface area contributed by atoms with Crippen molar-refractivity contribution in [1.29, 1.82) is 0 Å². The molecule has 0 unspecified atom stereocenters. The number of carbonyl (C=O) groups is 1. The Morgan fingerprint density at radius 2 is 1.77 bits per heavy atom. The van der Waals surface area contributed by atoms with E-state index in [1.54, 1.807) is 7.05 Å². The molecule has 1 N–H and O–H groups in total. The van der Waals surface area contributed by atoms with E-state index in [9.17, 15) is 13.2 Å². The van der Waals surface area contributed by atoms with E-state index >= 15 is 0 Å². The van der Waals surface area contributed by atoms with Crippen molar-refractivity contribution in [3.63, 3.8) is 0 Å². The van der Waals surface area contributed by atoms with Crippen molar-refractivity contribution in [1.82, 2.24) is 28.6 Å². The van der Waals surface area contributed by atoms with Crippen molar-refractivity contribution in [3.05, 3.63) is 53.6 Å².